The highest BCUT2D eigenvalue weighted by Crippen LogP contribution is 2.24. The minimum Gasteiger partial charge on any atom is -0.444 e. The van der Waals surface area contributed by atoms with Gasteiger partial charge in [-0.05, 0) is 45.7 Å². The first-order valence-corrected chi connectivity index (χ1v) is 8.78. The number of rotatable bonds is 3. The van der Waals surface area contributed by atoms with Gasteiger partial charge < -0.3 is 14.2 Å². The summed E-state index contributed by atoms with van der Waals surface area (Å²) in [7, 11) is 0. The summed E-state index contributed by atoms with van der Waals surface area (Å²) >= 11 is 6.06. The van der Waals surface area contributed by atoms with Gasteiger partial charge in [0.25, 0.3) is 0 Å². The molecule has 6 nitrogen and oxygen atoms in total. The molecule has 1 aliphatic heterocycles. The number of fused-ring (bicyclic) bond motifs is 1. The Bertz CT molecular complexity index is 738. The molecular weight excluding hydrogens is 328 g/mol. The van der Waals surface area contributed by atoms with E-state index in [1.165, 1.54) is 0 Å². The number of imidazole rings is 1. The van der Waals surface area contributed by atoms with Gasteiger partial charge in [0.05, 0.1) is 11.9 Å². The van der Waals surface area contributed by atoms with Gasteiger partial charge in [0.15, 0.2) is 5.65 Å². The molecule has 0 N–H and O–H groups in total. The van der Waals surface area contributed by atoms with Crippen molar-refractivity contribution in [2.45, 2.75) is 57.7 Å². The summed E-state index contributed by atoms with van der Waals surface area (Å²) in [5, 5.41) is 0. The summed E-state index contributed by atoms with van der Waals surface area (Å²) in [6.45, 7) is 7.00. The second kappa shape index (κ2) is 6.59. The Morgan fingerprint density at radius 3 is 2.96 bits per heavy atom. The van der Waals surface area contributed by atoms with Crippen LogP contribution in [0.1, 0.15) is 39.4 Å². The average molecular weight is 351 g/mol. The van der Waals surface area contributed by atoms with E-state index < -0.39 is 5.60 Å². The van der Waals surface area contributed by atoms with E-state index in [2.05, 4.69) is 9.97 Å². The normalized spacial score (nSPS) is 18.3. The largest absolute Gasteiger partial charge is 0.444 e. The maximum Gasteiger partial charge on any atom is 0.410 e. The third-order valence-electron chi connectivity index (χ3n) is 4.10. The molecule has 7 heteroatoms. The van der Waals surface area contributed by atoms with Crippen LogP contribution in [0.5, 0.6) is 0 Å². The lowest BCUT2D eigenvalue weighted by molar-refractivity contribution is 0.0214. The van der Waals surface area contributed by atoms with E-state index in [9.17, 15) is 4.79 Å². The van der Waals surface area contributed by atoms with Crippen LogP contribution in [0.2, 0.25) is 0 Å². The Hall–Kier alpha value is -1.82. The number of likely N-dealkylation sites (tertiary alicyclic amines) is 1. The number of amides is 1. The lowest BCUT2D eigenvalue weighted by Gasteiger charge is -2.29. The van der Waals surface area contributed by atoms with Gasteiger partial charge in [0.2, 0.25) is 0 Å². The van der Waals surface area contributed by atoms with Crippen LogP contribution < -0.4 is 0 Å². The predicted molar refractivity (Wildman–Crippen MR) is 93.0 cm³/mol. The first kappa shape index (κ1) is 17.0. The Morgan fingerprint density at radius 2 is 2.25 bits per heavy atom. The Morgan fingerprint density at radius 1 is 1.46 bits per heavy atom. The molecule has 0 bridgehead atoms. The van der Waals surface area contributed by atoms with Crippen LogP contribution in [-0.2, 0) is 17.2 Å². The summed E-state index contributed by atoms with van der Waals surface area (Å²) < 4.78 is 7.56. The fraction of sp³-hybridized carbons (Fsp3) is 0.588. The molecule has 3 heterocycles. The fourth-order valence-corrected chi connectivity index (χ4v) is 3.30. The average Bonchev–Trinajstić information content (AvgIpc) is 3.11. The zero-order valence-corrected chi connectivity index (χ0v) is 15.1. The van der Waals surface area contributed by atoms with Crippen molar-refractivity contribution >= 4 is 28.9 Å². The number of hydrogen-bond donors (Lipinski definition) is 0. The van der Waals surface area contributed by atoms with Crippen LogP contribution in [0.15, 0.2) is 18.3 Å². The molecule has 0 radical (unpaired) electrons. The Kier molecular flexibility index (Phi) is 4.67. The Labute approximate surface area is 146 Å². The molecule has 1 unspecified atom stereocenters. The number of aromatic nitrogens is 3. The highest BCUT2D eigenvalue weighted by atomic mass is 35.5. The van der Waals surface area contributed by atoms with Crippen molar-refractivity contribution in [2.24, 2.45) is 0 Å². The van der Waals surface area contributed by atoms with Crippen molar-refractivity contribution in [3.63, 3.8) is 0 Å². The standard InChI is InChI=1S/C17H23ClN4O2/c1-17(2,3)24-16(23)21-9-5-6-12(21)11-22-14(10-18)20-13-7-4-8-19-15(13)22/h4,7-8,12H,5-6,9-11H2,1-3H3. The monoisotopic (exact) mass is 350 g/mol. The molecule has 2 aromatic rings. The molecular formula is C17H23ClN4O2. The number of carbonyl (C=O) groups is 1. The van der Waals surface area contributed by atoms with Gasteiger partial charge in [-0.1, -0.05) is 0 Å². The van der Waals surface area contributed by atoms with Crippen LogP contribution >= 0.6 is 11.6 Å². The minimum atomic E-state index is -0.491. The van der Waals surface area contributed by atoms with Gasteiger partial charge in [0.1, 0.15) is 16.9 Å². The maximum atomic E-state index is 12.5. The molecule has 1 saturated heterocycles. The van der Waals surface area contributed by atoms with E-state index in [4.69, 9.17) is 16.3 Å². The second-order valence-electron chi connectivity index (χ2n) is 7.09. The molecule has 0 aromatic carbocycles. The van der Waals surface area contributed by atoms with Gasteiger partial charge in [-0.2, -0.15) is 0 Å². The number of hydrogen-bond acceptors (Lipinski definition) is 4. The molecule has 3 rings (SSSR count). The van der Waals surface area contributed by atoms with E-state index in [0.717, 1.165) is 36.4 Å². The van der Waals surface area contributed by atoms with Gasteiger partial charge in [0, 0.05) is 19.3 Å². The number of alkyl halides is 1. The predicted octanol–water partition coefficient (Wildman–Crippen LogP) is 3.57. The molecule has 1 aliphatic rings. The number of pyridine rings is 1. The topological polar surface area (TPSA) is 60.2 Å². The first-order chi connectivity index (χ1) is 11.4. The summed E-state index contributed by atoms with van der Waals surface area (Å²) in [4.78, 5) is 23.2. The number of ether oxygens (including phenoxy) is 1. The molecule has 1 atom stereocenters. The quantitative estimate of drug-likeness (QED) is 0.794. The highest BCUT2D eigenvalue weighted by Gasteiger charge is 2.33. The fourth-order valence-electron chi connectivity index (χ4n) is 3.10. The molecule has 1 amide bonds. The third kappa shape index (κ3) is 3.48. The minimum absolute atomic E-state index is 0.0706. The van der Waals surface area contributed by atoms with Crippen molar-refractivity contribution in [1.29, 1.82) is 0 Å². The van der Waals surface area contributed by atoms with Crippen molar-refractivity contribution < 1.29 is 9.53 Å². The number of halogens is 1. The van der Waals surface area contributed by atoms with Crippen molar-refractivity contribution in [1.82, 2.24) is 19.4 Å². The first-order valence-electron chi connectivity index (χ1n) is 8.25. The zero-order valence-electron chi connectivity index (χ0n) is 14.3. The SMILES string of the molecule is CC(C)(C)OC(=O)N1CCCC1Cn1c(CCl)nc2cccnc21. The van der Waals surface area contributed by atoms with E-state index >= 15 is 0 Å². The maximum absolute atomic E-state index is 12.5. The molecule has 24 heavy (non-hydrogen) atoms. The summed E-state index contributed by atoms with van der Waals surface area (Å²) in [6.07, 6.45) is 3.40. The lowest BCUT2D eigenvalue weighted by Crippen LogP contribution is -2.41. The van der Waals surface area contributed by atoms with E-state index in [-0.39, 0.29) is 12.1 Å². The molecule has 0 spiro atoms. The van der Waals surface area contributed by atoms with Gasteiger partial charge in [-0.3, -0.25) is 0 Å². The van der Waals surface area contributed by atoms with Crippen LogP contribution in [0.3, 0.4) is 0 Å². The molecule has 2 aromatic heterocycles. The third-order valence-corrected chi connectivity index (χ3v) is 4.34. The van der Waals surface area contributed by atoms with Gasteiger partial charge in [-0.15, -0.1) is 11.6 Å². The van der Waals surface area contributed by atoms with Crippen LogP contribution in [-0.4, -0.2) is 43.7 Å². The molecule has 0 saturated carbocycles. The van der Waals surface area contributed by atoms with E-state index in [1.807, 2.05) is 42.4 Å². The zero-order chi connectivity index (χ0) is 17.3. The summed E-state index contributed by atoms with van der Waals surface area (Å²) in [5.41, 5.74) is 1.15. The van der Waals surface area contributed by atoms with Crippen molar-refractivity contribution in [2.75, 3.05) is 6.54 Å². The molecule has 130 valence electrons. The summed E-state index contributed by atoms with van der Waals surface area (Å²) in [6, 6.07) is 3.86. The van der Waals surface area contributed by atoms with Crippen LogP contribution in [0.25, 0.3) is 11.2 Å². The van der Waals surface area contributed by atoms with E-state index in [0.29, 0.717) is 12.4 Å². The van der Waals surface area contributed by atoms with Crippen molar-refractivity contribution in [3.05, 3.63) is 24.2 Å². The van der Waals surface area contributed by atoms with Crippen LogP contribution in [0, 0.1) is 0 Å². The molecule has 0 aliphatic carbocycles. The molecule has 1 fully saturated rings. The van der Waals surface area contributed by atoms with E-state index in [1.54, 1.807) is 6.20 Å². The number of carbonyl (C=O) groups excluding carboxylic acids is 1. The Balaban J connectivity index is 1.84. The lowest BCUT2D eigenvalue weighted by atomic mass is 10.2. The van der Waals surface area contributed by atoms with Gasteiger partial charge in [-0.25, -0.2) is 14.8 Å². The highest BCUT2D eigenvalue weighted by molar-refractivity contribution is 6.16. The van der Waals surface area contributed by atoms with Crippen molar-refractivity contribution in [3.8, 4) is 0 Å². The summed E-state index contributed by atoms with van der Waals surface area (Å²) in [5.74, 6) is 1.09. The van der Waals surface area contributed by atoms with Gasteiger partial charge >= 0.3 is 6.09 Å². The smallest absolute Gasteiger partial charge is 0.410 e. The number of nitrogens with zero attached hydrogens (tertiary/aromatic N) is 4. The van der Waals surface area contributed by atoms with Crippen LogP contribution in [0.4, 0.5) is 4.79 Å². The second-order valence-corrected chi connectivity index (χ2v) is 7.36.